The molecule has 5 nitrogen and oxygen atoms in total. The van der Waals surface area contributed by atoms with Crippen molar-refractivity contribution in [2.75, 3.05) is 13.1 Å². The van der Waals surface area contributed by atoms with Crippen LogP contribution in [-0.2, 0) is 4.79 Å². The molecule has 0 aromatic rings. The molecule has 1 heterocycles. The van der Waals surface area contributed by atoms with Crippen LogP contribution in [0.5, 0.6) is 0 Å². The maximum atomic E-state index is 10.7. The maximum absolute atomic E-state index is 10.7. The third kappa shape index (κ3) is 4.82. The van der Waals surface area contributed by atoms with Crippen LogP contribution in [0.25, 0.3) is 0 Å². The van der Waals surface area contributed by atoms with Crippen molar-refractivity contribution in [1.29, 1.82) is 5.26 Å². The van der Waals surface area contributed by atoms with Gasteiger partial charge >= 0.3 is 0 Å². The fourth-order valence-electron chi connectivity index (χ4n) is 2.11. The molecule has 0 spiro atoms. The Bertz CT molecular complexity index is 297. The summed E-state index contributed by atoms with van der Waals surface area (Å²) in [7, 11) is 0. The first-order chi connectivity index (χ1) is 8.06. The number of carbonyl (C=O) groups excluding carboxylic acids is 1. The van der Waals surface area contributed by atoms with E-state index in [0.717, 1.165) is 25.7 Å². The van der Waals surface area contributed by atoms with Gasteiger partial charge in [-0.1, -0.05) is 6.42 Å². The van der Waals surface area contributed by atoms with Crippen molar-refractivity contribution in [3.05, 3.63) is 0 Å². The molecule has 1 aliphatic heterocycles. The summed E-state index contributed by atoms with van der Waals surface area (Å²) in [5, 5.41) is 27.7. The molecule has 0 amide bonds. The van der Waals surface area contributed by atoms with E-state index in [9.17, 15) is 15.0 Å². The molecule has 0 atom stereocenters. The van der Waals surface area contributed by atoms with Crippen molar-refractivity contribution in [1.82, 2.24) is 4.90 Å². The van der Waals surface area contributed by atoms with Gasteiger partial charge in [0.15, 0.2) is 0 Å². The highest BCUT2D eigenvalue weighted by Gasteiger charge is 2.33. The van der Waals surface area contributed by atoms with Crippen LogP contribution in [0.2, 0.25) is 0 Å². The van der Waals surface area contributed by atoms with Crippen molar-refractivity contribution in [3.8, 4) is 6.07 Å². The lowest BCUT2D eigenvalue weighted by Gasteiger charge is -2.38. The summed E-state index contributed by atoms with van der Waals surface area (Å²) in [5.74, 6) is -2.03. The average molecular weight is 240 g/mol. The minimum Gasteiger partial charge on any atom is -0.353 e. The second-order valence-electron chi connectivity index (χ2n) is 4.56. The molecule has 0 aliphatic carbocycles. The van der Waals surface area contributed by atoms with Gasteiger partial charge in [-0.2, -0.15) is 5.26 Å². The van der Waals surface area contributed by atoms with Crippen LogP contribution in [0.3, 0.4) is 0 Å². The summed E-state index contributed by atoms with van der Waals surface area (Å²) < 4.78 is 0. The quantitative estimate of drug-likeness (QED) is 0.407. The van der Waals surface area contributed by atoms with Gasteiger partial charge in [-0.3, -0.25) is 9.69 Å². The van der Waals surface area contributed by atoms with Crippen LogP contribution >= 0.6 is 0 Å². The number of Topliss-reactive ketones (excluding diaryl/α,β-unsaturated/α-hetero) is 1. The molecule has 1 rings (SSSR count). The fraction of sp³-hybridized carbons (Fsp3) is 0.833. The summed E-state index contributed by atoms with van der Waals surface area (Å²) in [5.41, 5.74) is 0. The second kappa shape index (κ2) is 6.70. The minimum absolute atomic E-state index is 0.305. The zero-order valence-electron chi connectivity index (χ0n) is 10.1. The Labute approximate surface area is 102 Å². The Morgan fingerprint density at radius 1 is 1.29 bits per heavy atom. The average Bonchev–Trinajstić information content (AvgIpc) is 2.30. The third-order valence-corrected chi connectivity index (χ3v) is 3.15. The predicted molar refractivity (Wildman–Crippen MR) is 61.7 cm³/mol. The van der Waals surface area contributed by atoms with Gasteiger partial charge in [0, 0.05) is 25.9 Å². The Kier molecular flexibility index (Phi) is 5.56. The molecule has 0 radical (unpaired) electrons. The molecule has 2 N–H and O–H groups in total. The lowest BCUT2D eigenvalue weighted by Crippen LogP contribution is -2.52. The van der Waals surface area contributed by atoms with Crippen molar-refractivity contribution in [2.45, 2.75) is 50.9 Å². The van der Waals surface area contributed by atoms with E-state index in [-0.39, 0.29) is 5.78 Å². The summed E-state index contributed by atoms with van der Waals surface area (Å²) >= 11 is 0. The van der Waals surface area contributed by atoms with E-state index in [1.54, 1.807) is 11.0 Å². The molecule has 17 heavy (non-hydrogen) atoms. The Hall–Kier alpha value is -0.960. The first-order valence-corrected chi connectivity index (χ1v) is 6.19. The number of ketones is 1. The number of unbranched alkanes of at least 4 members (excludes halogenated alkanes) is 2. The van der Waals surface area contributed by atoms with Crippen LogP contribution in [0.1, 0.15) is 44.9 Å². The first-order valence-electron chi connectivity index (χ1n) is 6.19. The van der Waals surface area contributed by atoms with Crippen LogP contribution in [0.15, 0.2) is 0 Å². The van der Waals surface area contributed by atoms with Crippen molar-refractivity contribution < 1.29 is 15.0 Å². The van der Waals surface area contributed by atoms with Gasteiger partial charge in [-0.05, 0) is 25.7 Å². The molecule has 1 saturated heterocycles. The summed E-state index contributed by atoms with van der Waals surface area (Å²) in [6.45, 7) is 1.35. The van der Waals surface area contributed by atoms with E-state index >= 15 is 0 Å². The third-order valence-electron chi connectivity index (χ3n) is 3.15. The first kappa shape index (κ1) is 14.1. The van der Waals surface area contributed by atoms with Crippen molar-refractivity contribution in [3.63, 3.8) is 0 Å². The molecule has 0 bridgehead atoms. The molecule has 0 aromatic carbocycles. The van der Waals surface area contributed by atoms with Gasteiger partial charge < -0.3 is 10.2 Å². The zero-order valence-corrected chi connectivity index (χ0v) is 10.1. The highest BCUT2D eigenvalue weighted by Crippen LogP contribution is 2.23. The second-order valence-corrected chi connectivity index (χ2v) is 4.56. The van der Waals surface area contributed by atoms with Crippen molar-refractivity contribution >= 4 is 5.78 Å². The lowest BCUT2D eigenvalue weighted by molar-refractivity contribution is -0.278. The van der Waals surface area contributed by atoms with Gasteiger partial charge in [0.25, 0.3) is 0 Å². The zero-order chi connectivity index (χ0) is 12.7. The lowest BCUT2D eigenvalue weighted by atomic mass is 10.1. The van der Waals surface area contributed by atoms with E-state index in [0.29, 0.717) is 32.4 Å². The Morgan fingerprint density at radius 3 is 2.71 bits per heavy atom. The molecule has 0 unspecified atom stereocenters. The van der Waals surface area contributed by atoms with Gasteiger partial charge in [0.05, 0.1) is 0 Å². The monoisotopic (exact) mass is 240 g/mol. The number of piperidine rings is 1. The predicted octanol–water partition coefficient (Wildman–Crippen LogP) is 0.764. The van der Waals surface area contributed by atoms with Crippen molar-refractivity contribution in [2.24, 2.45) is 0 Å². The molecule has 5 heteroatoms. The number of nitrogens with zero attached hydrogens (tertiary/aromatic N) is 2. The molecule has 0 saturated carbocycles. The smallest absolute Gasteiger partial charge is 0.231 e. The SMILES string of the molecule is N#CC(=O)CCCCCN1CCCCC1(O)O. The number of hydrogen-bond acceptors (Lipinski definition) is 5. The van der Waals surface area contributed by atoms with E-state index in [4.69, 9.17) is 5.26 Å². The highest BCUT2D eigenvalue weighted by molar-refractivity contribution is 5.93. The molecular weight excluding hydrogens is 220 g/mol. The normalized spacial score (nSPS) is 19.8. The number of aliphatic hydroxyl groups is 2. The summed E-state index contributed by atoms with van der Waals surface area (Å²) in [6.07, 6.45) is 4.90. The largest absolute Gasteiger partial charge is 0.353 e. The maximum Gasteiger partial charge on any atom is 0.231 e. The van der Waals surface area contributed by atoms with Crippen LogP contribution < -0.4 is 0 Å². The van der Waals surface area contributed by atoms with Gasteiger partial charge in [0.1, 0.15) is 6.07 Å². The topological polar surface area (TPSA) is 84.6 Å². The van der Waals surface area contributed by atoms with Crippen LogP contribution in [-0.4, -0.2) is 39.9 Å². The molecule has 1 fully saturated rings. The summed E-state index contributed by atoms with van der Waals surface area (Å²) in [6, 6.07) is 1.59. The fourth-order valence-corrected chi connectivity index (χ4v) is 2.11. The standard InChI is InChI=1S/C12H20N2O3/c13-10-11(15)6-2-1-4-8-14-9-5-3-7-12(14,16)17/h16-17H,1-9H2. The summed E-state index contributed by atoms with van der Waals surface area (Å²) in [4.78, 5) is 12.4. The van der Waals surface area contributed by atoms with Gasteiger partial charge in [-0.15, -0.1) is 0 Å². The van der Waals surface area contributed by atoms with E-state index in [1.165, 1.54) is 0 Å². The molecule has 0 aromatic heterocycles. The van der Waals surface area contributed by atoms with Crippen LogP contribution in [0, 0.1) is 11.3 Å². The number of carbonyl (C=O) groups is 1. The van der Waals surface area contributed by atoms with Gasteiger partial charge in [-0.25, -0.2) is 0 Å². The Morgan fingerprint density at radius 2 is 2.06 bits per heavy atom. The van der Waals surface area contributed by atoms with Gasteiger partial charge in [0.2, 0.25) is 11.7 Å². The number of nitriles is 1. The molecule has 1 aliphatic rings. The molecule has 96 valence electrons. The highest BCUT2D eigenvalue weighted by atomic mass is 16.5. The van der Waals surface area contributed by atoms with Crippen LogP contribution in [0.4, 0.5) is 0 Å². The number of hydrogen-bond donors (Lipinski definition) is 2. The van der Waals surface area contributed by atoms with E-state index < -0.39 is 5.91 Å². The van der Waals surface area contributed by atoms with E-state index in [2.05, 4.69) is 0 Å². The molecular formula is C12H20N2O3. The minimum atomic E-state index is -1.65. The van der Waals surface area contributed by atoms with E-state index in [1.807, 2.05) is 0 Å². The number of rotatable bonds is 6. The number of likely N-dealkylation sites (tertiary alicyclic amines) is 1. The Balaban J connectivity index is 2.14.